The highest BCUT2D eigenvalue weighted by atomic mass is 16.6. The maximum absolute atomic E-state index is 10.9. The monoisotopic (exact) mass is 406 g/mol. The van der Waals surface area contributed by atoms with Crippen molar-refractivity contribution in [2.75, 3.05) is 0 Å². The number of rotatable bonds is 3. The lowest BCUT2D eigenvalue weighted by atomic mass is 10.0. The Hall–Kier alpha value is -4.77. The number of nitrogens with zero attached hydrogens (tertiary/aromatic N) is 4. The van der Waals surface area contributed by atoms with Gasteiger partial charge in [-0.3, -0.25) is 20.1 Å². The van der Waals surface area contributed by atoms with Gasteiger partial charge in [-0.15, -0.1) is 0 Å². The number of nitriles is 1. The summed E-state index contributed by atoms with van der Waals surface area (Å²) in [6.07, 6.45) is 0. The summed E-state index contributed by atoms with van der Waals surface area (Å²) in [5.74, 6) is 0. The maximum Gasteiger partial charge on any atom is 0.269 e. The van der Waals surface area contributed by atoms with Crippen LogP contribution in [0, 0.1) is 26.9 Å². The fourth-order valence-electron chi connectivity index (χ4n) is 3.69. The Bertz CT molecular complexity index is 1570. The summed E-state index contributed by atoms with van der Waals surface area (Å²) in [4.78, 5) is 18.1. The highest BCUT2D eigenvalue weighted by Gasteiger charge is 2.15. The van der Waals surface area contributed by atoms with Crippen molar-refractivity contribution in [3.63, 3.8) is 0 Å². The number of hydrogen-bond donors (Lipinski definition) is 2. The number of para-hydroxylation sites is 1. The van der Waals surface area contributed by atoms with Gasteiger partial charge in [-0.2, -0.15) is 5.26 Å². The van der Waals surface area contributed by atoms with E-state index in [1.54, 1.807) is 16.7 Å². The van der Waals surface area contributed by atoms with Gasteiger partial charge in [0.1, 0.15) is 17.2 Å². The molecule has 8 heteroatoms. The minimum absolute atomic E-state index is 0.00959. The first-order valence-electron chi connectivity index (χ1n) is 9.40. The van der Waals surface area contributed by atoms with Crippen LogP contribution in [0.3, 0.4) is 0 Å². The molecule has 0 aliphatic rings. The number of H-pyrrole nitrogens is 1. The first-order valence-corrected chi connectivity index (χ1v) is 9.40. The van der Waals surface area contributed by atoms with Crippen molar-refractivity contribution >= 4 is 27.8 Å². The van der Waals surface area contributed by atoms with Crippen molar-refractivity contribution in [1.82, 2.24) is 14.5 Å². The number of nitrogens with one attached hydrogen (secondary N) is 2. The van der Waals surface area contributed by atoms with Crippen LogP contribution in [0.4, 0.5) is 5.69 Å². The third-order valence-corrected chi connectivity index (χ3v) is 5.20. The Balaban J connectivity index is 1.67. The van der Waals surface area contributed by atoms with Gasteiger partial charge >= 0.3 is 0 Å². The molecule has 0 spiro atoms. The smallest absolute Gasteiger partial charge is 0.269 e. The first kappa shape index (κ1) is 18.3. The van der Waals surface area contributed by atoms with Crippen LogP contribution in [0.25, 0.3) is 38.9 Å². The minimum atomic E-state index is -0.429. The van der Waals surface area contributed by atoms with Gasteiger partial charge in [-0.05, 0) is 41.5 Å². The molecule has 0 aliphatic heterocycles. The van der Waals surface area contributed by atoms with E-state index in [2.05, 4.69) is 9.97 Å². The van der Waals surface area contributed by atoms with E-state index < -0.39 is 4.92 Å². The van der Waals surface area contributed by atoms with Crippen molar-refractivity contribution in [3.05, 3.63) is 94.1 Å². The van der Waals surface area contributed by atoms with Crippen LogP contribution in [0.2, 0.25) is 0 Å². The summed E-state index contributed by atoms with van der Waals surface area (Å²) in [6.45, 7) is 0. The van der Waals surface area contributed by atoms with Gasteiger partial charge in [-0.1, -0.05) is 30.3 Å². The number of hydrogen-bond acceptors (Lipinski definition) is 5. The lowest BCUT2D eigenvalue weighted by Crippen LogP contribution is -2.23. The predicted molar refractivity (Wildman–Crippen MR) is 116 cm³/mol. The van der Waals surface area contributed by atoms with Crippen molar-refractivity contribution in [2.24, 2.45) is 0 Å². The molecule has 0 saturated heterocycles. The normalized spacial score (nSPS) is 10.9. The third kappa shape index (κ3) is 2.92. The lowest BCUT2D eigenvalue weighted by Gasteiger charge is -2.11. The summed E-state index contributed by atoms with van der Waals surface area (Å²) in [7, 11) is 0. The standard InChI is InChI=1S/C23H14N6O2/c24-13-20-22(25)28(23-21(26-20)18-3-1-2-4-19(18)27-23)16-9-5-14(6-10-16)15-7-11-17(12-8-15)29(30)31/h1-12,25,27H. The summed E-state index contributed by atoms with van der Waals surface area (Å²) in [5, 5.41) is 29.8. The van der Waals surface area contributed by atoms with Gasteiger partial charge in [0, 0.05) is 28.7 Å². The number of aromatic nitrogens is 3. The molecule has 5 aromatic rings. The molecule has 148 valence electrons. The van der Waals surface area contributed by atoms with Gasteiger partial charge in [0.05, 0.1) is 4.92 Å². The number of non-ortho nitro benzene ring substituents is 1. The second-order valence-corrected chi connectivity index (χ2v) is 6.97. The van der Waals surface area contributed by atoms with Crippen LogP contribution < -0.4 is 5.49 Å². The fourth-order valence-corrected chi connectivity index (χ4v) is 3.69. The molecule has 0 bridgehead atoms. The zero-order valence-corrected chi connectivity index (χ0v) is 16.0. The van der Waals surface area contributed by atoms with E-state index in [1.807, 2.05) is 54.6 Å². The topological polar surface area (TPSA) is 124 Å². The van der Waals surface area contributed by atoms with Crippen LogP contribution in [0.1, 0.15) is 5.69 Å². The molecular weight excluding hydrogens is 392 g/mol. The largest absolute Gasteiger partial charge is 0.339 e. The molecular formula is C23H14N6O2. The number of nitro groups is 1. The molecule has 3 aromatic carbocycles. The van der Waals surface area contributed by atoms with Gasteiger partial charge in [0.15, 0.2) is 11.2 Å². The Morgan fingerprint density at radius 3 is 2.29 bits per heavy atom. The molecule has 31 heavy (non-hydrogen) atoms. The molecule has 5 rings (SSSR count). The van der Waals surface area contributed by atoms with Gasteiger partial charge < -0.3 is 4.98 Å². The van der Waals surface area contributed by atoms with Gasteiger partial charge in [-0.25, -0.2) is 4.98 Å². The van der Waals surface area contributed by atoms with Crippen LogP contribution in [-0.2, 0) is 0 Å². The van der Waals surface area contributed by atoms with E-state index in [0.717, 1.165) is 22.0 Å². The molecule has 0 amide bonds. The summed E-state index contributed by atoms with van der Waals surface area (Å²) in [5.41, 5.74) is 4.63. The number of fused-ring (bicyclic) bond motifs is 3. The Morgan fingerprint density at radius 1 is 1.00 bits per heavy atom. The maximum atomic E-state index is 10.9. The van der Waals surface area contributed by atoms with E-state index in [0.29, 0.717) is 16.9 Å². The molecule has 0 radical (unpaired) electrons. The van der Waals surface area contributed by atoms with Crippen molar-refractivity contribution in [3.8, 4) is 22.9 Å². The average molecular weight is 406 g/mol. The summed E-state index contributed by atoms with van der Waals surface area (Å²) < 4.78 is 1.67. The van der Waals surface area contributed by atoms with E-state index in [9.17, 15) is 15.4 Å². The zero-order valence-electron chi connectivity index (χ0n) is 16.0. The third-order valence-electron chi connectivity index (χ3n) is 5.20. The zero-order chi connectivity index (χ0) is 21.5. The van der Waals surface area contributed by atoms with Crippen LogP contribution >= 0.6 is 0 Å². The molecule has 0 saturated carbocycles. The lowest BCUT2D eigenvalue weighted by molar-refractivity contribution is -0.384. The quantitative estimate of drug-likeness (QED) is 0.339. The predicted octanol–water partition coefficient (Wildman–Crippen LogP) is 4.43. The highest BCUT2D eigenvalue weighted by molar-refractivity contribution is 6.04. The van der Waals surface area contributed by atoms with E-state index in [1.165, 1.54) is 12.1 Å². The second kappa shape index (κ2) is 6.93. The molecule has 2 aromatic heterocycles. The number of aromatic amines is 1. The average Bonchev–Trinajstić information content (AvgIpc) is 3.17. The molecule has 0 unspecified atom stereocenters. The van der Waals surface area contributed by atoms with Crippen molar-refractivity contribution in [1.29, 1.82) is 10.7 Å². The van der Waals surface area contributed by atoms with Gasteiger partial charge in [0.25, 0.3) is 5.69 Å². The van der Waals surface area contributed by atoms with Crippen molar-refractivity contribution in [2.45, 2.75) is 0 Å². The number of benzene rings is 3. The molecule has 2 N–H and O–H groups in total. The number of nitro benzene ring substituents is 1. The molecule has 0 fully saturated rings. The highest BCUT2D eigenvalue weighted by Crippen LogP contribution is 2.27. The Labute approximate surface area is 175 Å². The first-order chi connectivity index (χ1) is 15.1. The van der Waals surface area contributed by atoms with Crippen LogP contribution in [0.15, 0.2) is 72.8 Å². The SMILES string of the molecule is N#Cc1nc2c3ccccc3[nH]c2n(-c2ccc(-c3ccc([N+](=O)[O-])cc3)cc2)c1=N. The molecule has 8 nitrogen and oxygen atoms in total. The minimum Gasteiger partial charge on any atom is -0.339 e. The fraction of sp³-hybridized carbons (Fsp3) is 0. The summed E-state index contributed by atoms with van der Waals surface area (Å²) >= 11 is 0. The molecule has 0 aliphatic carbocycles. The van der Waals surface area contributed by atoms with Crippen LogP contribution in [0.5, 0.6) is 0 Å². The van der Waals surface area contributed by atoms with Crippen LogP contribution in [-0.4, -0.2) is 19.5 Å². The summed E-state index contributed by atoms with van der Waals surface area (Å²) in [6, 6.07) is 23.5. The molecule has 0 atom stereocenters. The second-order valence-electron chi connectivity index (χ2n) is 6.97. The van der Waals surface area contributed by atoms with E-state index in [4.69, 9.17) is 5.41 Å². The van der Waals surface area contributed by atoms with E-state index >= 15 is 0 Å². The van der Waals surface area contributed by atoms with Crippen molar-refractivity contribution < 1.29 is 4.92 Å². The Morgan fingerprint density at radius 2 is 1.65 bits per heavy atom. The van der Waals surface area contributed by atoms with E-state index in [-0.39, 0.29) is 16.9 Å². The van der Waals surface area contributed by atoms with Gasteiger partial charge in [0.2, 0.25) is 0 Å². The Kier molecular flexibility index (Phi) is 4.08. The molecule has 2 heterocycles.